The molecule has 5 nitrogen and oxygen atoms in total. The van der Waals surface area contributed by atoms with Gasteiger partial charge in [-0.15, -0.1) is 5.10 Å². The summed E-state index contributed by atoms with van der Waals surface area (Å²) in [5.74, 6) is -1.30. The van der Waals surface area contributed by atoms with Crippen LogP contribution >= 0.6 is 0 Å². The first-order chi connectivity index (χ1) is 7.72. The van der Waals surface area contributed by atoms with E-state index in [1.54, 1.807) is 7.05 Å². The molecule has 0 amide bonds. The van der Waals surface area contributed by atoms with Crippen molar-refractivity contribution < 1.29 is 8.78 Å². The Morgan fingerprint density at radius 2 is 2.12 bits per heavy atom. The maximum absolute atomic E-state index is 13.0. The fraction of sp³-hybridized carbons (Fsp3) is 0.222. The lowest BCUT2D eigenvalue weighted by atomic mass is 10.3. The maximum Gasteiger partial charge on any atom is 0.170 e. The van der Waals surface area contributed by atoms with Gasteiger partial charge in [0.25, 0.3) is 0 Å². The largest absolute Gasteiger partial charge is 0.313 e. The summed E-state index contributed by atoms with van der Waals surface area (Å²) in [6.07, 6.45) is 0. The van der Waals surface area contributed by atoms with Crippen molar-refractivity contribution in [2.75, 3.05) is 7.05 Å². The monoisotopic (exact) mass is 225 g/mol. The molecular weight excluding hydrogens is 216 g/mol. The lowest BCUT2D eigenvalue weighted by Gasteiger charge is -2.04. The summed E-state index contributed by atoms with van der Waals surface area (Å²) >= 11 is 0. The van der Waals surface area contributed by atoms with Crippen LogP contribution in [-0.2, 0) is 6.54 Å². The molecule has 1 aromatic heterocycles. The molecule has 0 spiro atoms. The standard InChI is InChI=1S/C9H9F2N5/c1-12-5-9-13-14-15-16(9)6-2-3-7(10)8(11)4-6/h2-4,12H,5H2,1H3. The highest BCUT2D eigenvalue weighted by Crippen LogP contribution is 2.12. The molecule has 0 saturated carbocycles. The van der Waals surface area contributed by atoms with Crippen LogP contribution in [0.2, 0.25) is 0 Å². The third kappa shape index (κ3) is 1.89. The normalized spacial score (nSPS) is 10.7. The van der Waals surface area contributed by atoms with E-state index in [0.717, 1.165) is 12.1 Å². The van der Waals surface area contributed by atoms with Gasteiger partial charge in [0, 0.05) is 6.07 Å². The Labute approximate surface area is 90.1 Å². The first-order valence-electron chi connectivity index (χ1n) is 4.59. The third-order valence-corrected chi connectivity index (χ3v) is 2.02. The van der Waals surface area contributed by atoms with Crippen LogP contribution < -0.4 is 5.32 Å². The molecule has 16 heavy (non-hydrogen) atoms. The van der Waals surface area contributed by atoms with Gasteiger partial charge in [-0.3, -0.25) is 0 Å². The van der Waals surface area contributed by atoms with Crippen LogP contribution in [0.15, 0.2) is 18.2 Å². The minimum Gasteiger partial charge on any atom is -0.313 e. The number of hydrogen-bond acceptors (Lipinski definition) is 4. The van der Waals surface area contributed by atoms with E-state index in [0.29, 0.717) is 18.1 Å². The molecule has 84 valence electrons. The fourth-order valence-corrected chi connectivity index (χ4v) is 1.29. The van der Waals surface area contributed by atoms with Crippen molar-refractivity contribution in [2.45, 2.75) is 6.54 Å². The van der Waals surface area contributed by atoms with E-state index in [1.807, 2.05) is 0 Å². The molecule has 0 atom stereocenters. The lowest BCUT2D eigenvalue weighted by Crippen LogP contribution is -2.12. The zero-order chi connectivity index (χ0) is 11.5. The number of benzene rings is 1. The number of halogens is 2. The summed E-state index contributed by atoms with van der Waals surface area (Å²) in [6.45, 7) is 0.437. The van der Waals surface area contributed by atoms with E-state index in [2.05, 4.69) is 20.8 Å². The molecule has 2 rings (SSSR count). The first-order valence-corrected chi connectivity index (χ1v) is 4.59. The van der Waals surface area contributed by atoms with Crippen molar-refractivity contribution in [1.82, 2.24) is 25.5 Å². The van der Waals surface area contributed by atoms with Crippen molar-refractivity contribution in [3.63, 3.8) is 0 Å². The second kappa shape index (κ2) is 4.31. The van der Waals surface area contributed by atoms with Crippen molar-refractivity contribution >= 4 is 0 Å². The number of tetrazole rings is 1. The highest BCUT2D eigenvalue weighted by molar-refractivity contribution is 5.32. The van der Waals surface area contributed by atoms with Crippen LogP contribution in [0, 0.1) is 11.6 Å². The highest BCUT2D eigenvalue weighted by atomic mass is 19.2. The summed E-state index contributed by atoms with van der Waals surface area (Å²) in [5.41, 5.74) is 0.383. The van der Waals surface area contributed by atoms with Gasteiger partial charge in [-0.05, 0) is 29.6 Å². The highest BCUT2D eigenvalue weighted by Gasteiger charge is 2.09. The molecule has 0 bridgehead atoms. The van der Waals surface area contributed by atoms with Gasteiger partial charge in [-0.2, -0.15) is 4.68 Å². The van der Waals surface area contributed by atoms with Crippen molar-refractivity contribution in [3.8, 4) is 5.69 Å². The topological polar surface area (TPSA) is 55.6 Å². The van der Waals surface area contributed by atoms with Crippen LogP contribution in [-0.4, -0.2) is 27.3 Å². The van der Waals surface area contributed by atoms with Crippen LogP contribution in [0.5, 0.6) is 0 Å². The molecule has 7 heteroatoms. The number of nitrogens with zero attached hydrogens (tertiary/aromatic N) is 4. The van der Waals surface area contributed by atoms with Crippen LogP contribution in [0.25, 0.3) is 5.69 Å². The molecule has 1 heterocycles. The summed E-state index contributed by atoms with van der Waals surface area (Å²) in [6, 6.07) is 3.49. The fourth-order valence-electron chi connectivity index (χ4n) is 1.29. The second-order valence-corrected chi connectivity index (χ2v) is 3.14. The molecule has 0 saturated heterocycles. The molecular formula is C9H9F2N5. The summed E-state index contributed by atoms with van der Waals surface area (Å²) < 4.78 is 27.1. The Morgan fingerprint density at radius 3 is 2.81 bits per heavy atom. The Bertz CT molecular complexity index is 496. The van der Waals surface area contributed by atoms with E-state index < -0.39 is 11.6 Å². The Morgan fingerprint density at radius 1 is 1.31 bits per heavy atom. The predicted molar refractivity (Wildman–Crippen MR) is 51.8 cm³/mol. The van der Waals surface area contributed by atoms with Gasteiger partial charge < -0.3 is 5.32 Å². The van der Waals surface area contributed by atoms with E-state index in [4.69, 9.17) is 0 Å². The predicted octanol–water partition coefficient (Wildman–Crippen LogP) is 0.660. The van der Waals surface area contributed by atoms with Crippen LogP contribution in [0.4, 0.5) is 8.78 Å². The van der Waals surface area contributed by atoms with E-state index in [1.165, 1.54) is 10.7 Å². The number of rotatable bonds is 3. The second-order valence-electron chi connectivity index (χ2n) is 3.14. The van der Waals surface area contributed by atoms with Crippen LogP contribution in [0.1, 0.15) is 5.82 Å². The quantitative estimate of drug-likeness (QED) is 0.833. The average Bonchev–Trinajstić information content (AvgIpc) is 2.71. The van der Waals surface area contributed by atoms with E-state index in [-0.39, 0.29) is 0 Å². The van der Waals surface area contributed by atoms with Crippen molar-refractivity contribution in [1.29, 1.82) is 0 Å². The summed E-state index contributed by atoms with van der Waals surface area (Å²) in [7, 11) is 1.74. The van der Waals surface area contributed by atoms with Gasteiger partial charge in [0.1, 0.15) is 0 Å². The minimum absolute atomic E-state index is 0.383. The zero-order valence-corrected chi connectivity index (χ0v) is 8.48. The van der Waals surface area contributed by atoms with Crippen molar-refractivity contribution in [2.24, 2.45) is 0 Å². The third-order valence-electron chi connectivity index (χ3n) is 2.02. The number of aromatic nitrogens is 4. The van der Waals surface area contributed by atoms with Gasteiger partial charge in [-0.1, -0.05) is 0 Å². The molecule has 2 aromatic rings. The molecule has 0 radical (unpaired) electrons. The van der Waals surface area contributed by atoms with Gasteiger partial charge in [0.2, 0.25) is 0 Å². The summed E-state index contributed by atoms with van der Waals surface area (Å²) in [4.78, 5) is 0. The molecule has 0 aliphatic heterocycles. The molecule has 0 fully saturated rings. The molecule has 0 unspecified atom stereocenters. The molecule has 0 aliphatic carbocycles. The van der Waals surface area contributed by atoms with Gasteiger partial charge in [0.05, 0.1) is 12.2 Å². The lowest BCUT2D eigenvalue weighted by molar-refractivity contribution is 0.507. The minimum atomic E-state index is -0.927. The van der Waals surface area contributed by atoms with E-state index >= 15 is 0 Å². The van der Waals surface area contributed by atoms with Gasteiger partial charge in [0.15, 0.2) is 17.5 Å². The molecule has 0 aliphatic rings. The zero-order valence-electron chi connectivity index (χ0n) is 8.48. The van der Waals surface area contributed by atoms with Gasteiger partial charge >= 0.3 is 0 Å². The molecule has 1 aromatic carbocycles. The smallest absolute Gasteiger partial charge is 0.170 e. The Balaban J connectivity index is 2.42. The van der Waals surface area contributed by atoms with Gasteiger partial charge in [-0.25, -0.2) is 8.78 Å². The summed E-state index contributed by atoms with van der Waals surface area (Å²) in [5, 5.41) is 13.8. The Hall–Kier alpha value is -1.89. The average molecular weight is 225 g/mol. The Kier molecular flexibility index (Phi) is 2.86. The SMILES string of the molecule is CNCc1nnnn1-c1ccc(F)c(F)c1. The molecule has 1 N–H and O–H groups in total. The maximum atomic E-state index is 13.0. The van der Waals surface area contributed by atoms with Crippen LogP contribution in [0.3, 0.4) is 0 Å². The van der Waals surface area contributed by atoms with E-state index in [9.17, 15) is 8.78 Å². The first kappa shape index (κ1) is 10.6. The number of hydrogen-bond donors (Lipinski definition) is 1. The van der Waals surface area contributed by atoms with Crippen molar-refractivity contribution in [3.05, 3.63) is 35.7 Å². The number of nitrogens with one attached hydrogen (secondary N) is 1.